The summed E-state index contributed by atoms with van der Waals surface area (Å²) in [7, 11) is 0. The van der Waals surface area contributed by atoms with E-state index < -0.39 is 6.03 Å². The van der Waals surface area contributed by atoms with Crippen LogP contribution in [0, 0.1) is 6.92 Å². The van der Waals surface area contributed by atoms with E-state index in [0.717, 1.165) is 10.5 Å². The van der Waals surface area contributed by atoms with Crippen molar-refractivity contribution in [2.75, 3.05) is 22.2 Å². The minimum Gasteiger partial charge on any atom is -0.321 e. The van der Waals surface area contributed by atoms with Crippen molar-refractivity contribution >= 4 is 51.5 Å². The maximum Gasteiger partial charge on any atom is 0.325 e. The number of rotatable bonds is 5. The summed E-state index contributed by atoms with van der Waals surface area (Å²) in [6.07, 6.45) is 1.97. The van der Waals surface area contributed by atoms with E-state index in [0.29, 0.717) is 16.5 Å². The highest BCUT2D eigenvalue weighted by molar-refractivity contribution is 7.98. The van der Waals surface area contributed by atoms with Gasteiger partial charge in [0.1, 0.15) is 5.69 Å². The summed E-state index contributed by atoms with van der Waals surface area (Å²) < 4.78 is 0. The second-order valence-corrected chi connectivity index (χ2v) is 7.41. The van der Waals surface area contributed by atoms with Gasteiger partial charge in [0, 0.05) is 21.7 Å². The van der Waals surface area contributed by atoms with E-state index in [2.05, 4.69) is 20.9 Å². The van der Waals surface area contributed by atoms with Gasteiger partial charge in [0.25, 0.3) is 5.91 Å². The number of thioether (sulfide) groups is 1. The molecule has 0 unspecified atom stereocenters. The summed E-state index contributed by atoms with van der Waals surface area (Å²) in [5.74, 6) is -0.323. The van der Waals surface area contributed by atoms with Gasteiger partial charge in [0.15, 0.2) is 5.13 Å². The number of carbonyl (C=O) groups is 2. The van der Waals surface area contributed by atoms with Gasteiger partial charge >= 0.3 is 6.03 Å². The van der Waals surface area contributed by atoms with Crippen LogP contribution in [0.1, 0.15) is 16.1 Å². The van der Waals surface area contributed by atoms with Crippen molar-refractivity contribution in [3.05, 3.63) is 65.2 Å². The number of aryl methyl sites for hydroxylation is 1. The molecule has 0 saturated heterocycles. The Bertz CT molecular complexity index is 954. The first-order chi connectivity index (χ1) is 13.0. The SMILES string of the molecule is CSc1cccc(NC(=O)c2csc(NC(=O)Nc3ccc(C)cc3)n2)c1. The minimum absolute atomic E-state index is 0.250. The van der Waals surface area contributed by atoms with Gasteiger partial charge in [-0.15, -0.1) is 23.1 Å². The molecule has 3 amide bonds. The topological polar surface area (TPSA) is 83.1 Å². The second kappa shape index (κ2) is 8.70. The Labute approximate surface area is 165 Å². The van der Waals surface area contributed by atoms with Crippen molar-refractivity contribution in [3.8, 4) is 0 Å². The molecule has 1 aromatic heterocycles. The lowest BCUT2D eigenvalue weighted by molar-refractivity contribution is 0.102. The predicted octanol–water partition coefficient (Wildman–Crippen LogP) is 5.07. The van der Waals surface area contributed by atoms with Crippen molar-refractivity contribution in [3.63, 3.8) is 0 Å². The first kappa shape index (κ1) is 18.9. The molecule has 0 bridgehead atoms. The van der Waals surface area contributed by atoms with Crippen LogP contribution in [-0.2, 0) is 0 Å². The molecule has 0 aliphatic carbocycles. The van der Waals surface area contributed by atoms with Crippen LogP contribution in [0.15, 0.2) is 58.8 Å². The third-order valence-corrected chi connectivity index (χ3v) is 5.08. The van der Waals surface area contributed by atoms with E-state index in [1.165, 1.54) is 11.3 Å². The number of nitrogens with one attached hydrogen (secondary N) is 3. The van der Waals surface area contributed by atoms with E-state index in [1.54, 1.807) is 17.1 Å². The van der Waals surface area contributed by atoms with E-state index in [9.17, 15) is 9.59 Å². The number of benzene rings is 2. The van der Waals surface area contributed by atoms with Crippen molar-refractivity contribution in [2.45, 2.75) is 11.8 Å². The molecule has 6 nitrogen and oxygen atoms in total. The molecule has 0 spiro atoms. The molecule has 3 rings (SSSR count). The second-order valence-electron chi connectivity index (χ2n) is 5.67. The highest BCUT2D eigenvalue weighted by atomic mass is 32.2. The monoisotopic (exact) mass is 398 g/mol. The lowest BCUT2D eigenvalue weighted by Crippen LogP contribution is -2.19. The Morgan fingerprint density at radius 1 is 1.00 bits per heavy atom. The van der Waals surface area contributed by atoms with Crippen LogP contribution in [0.5, 0.6) is 0 Å². The zero-order valence-electron chi connectivity index (χ0n) is 14.8. The lowest BCUT2D eigenvalue weighted by atomic mass is 10.2. The molecule has 3 N–H and O–H groups in total. The third-order valence-electron chi connectivity index (χ3n) is 3.59. The van der Waals surface area contributed by atoms with Crippen LogP contribution in [-0.4, -0.2) is 23.2 Å². The normalized spacial score (nSPS) is 10.3. The molecule has 27 heavy (non-hydrogen) atoms. The van der Waals surface area contributed by atoms with Gasteiger partial charge < -0.3 is 10.6 Å². The fourth-order valence-corrected chi connectivity index (χ4v) is 3.37. The van der Waals surface area contributed by atoms with Gasteiger partial charge in [-0.3, -0.25) is 10.1 Å². The van der Waals surface area contributed by atoms with Crippen LogP contribution >= 0.6 is 23.1 Å². The van der Waals surface area contributed by atoms with Crippen molar-refractivity contribution < 1.29 is 9.59 Å². The Hall–Kier alpha value is -2.84. The smallest absolute Gasteiger partial charge is 0.321 e. The van der Waals surface area contributed by atoms with Crippen LogP contribution in [0.4, 0.5) is 21.3 Å². The van der Waals surface area contributed by atoms with Gasteiger partial charge in [0.2, 0.25) is 0 Å². The Morgan fingerprint density at radius 2 is 1.78 bits per heavy atom. The van der Waals surface area contributed by atoms with Crippen molar-refractivity contribution in [1.29, 1.82) is 0 Å². The summed E-state index contributed by atoms with van der Waals surface area (Å²) in [6, 6.07) is 14.6. The molecule has 0 fully saturated rings. The number of urea groups is 1. The Kier molecular flexibility index (Phi) is 6.10. The molecule has 2 aromatic carbocycles. The highest BCUT2D eigenvalue weighted by Crippen LogP contribution is 2.21. The predicted molar refractivity (Wildman–Crippen MR) is 112 cm³/mol. The molecule has 138 valence electrons. The maximum atomic E-state index is 12.3. The van der Waals surface area contributed by atoms with Gasteiger partial charge in [-0.25, -0.2) is 9.78 Å². The fraction of sp³-hybridized carbons (Fsp3) is 0.105. The number of anilines is 3. The first-order valence-electron chi connectivity index (χ1n) is 8.09. The van der Waals surface area contributed by atoms with Gasteiger partial charge in [-0.1, -0.05) is 23.8 Å². The molecule has 0 saturated carbocycles. The highest BCUT2D eigenvalue weighted by Gasteiger charge is 2.13. The van der Waals surface area contributed by atoms with E-state index in [1.807, 2.05) is 61.7 Å². The van der Waals surface area contributed by atoms with Crippen LogP contribution in [0.3, 0.4) is 0 Å². The largest absolute Gasteiger partial charge is 0.325 e. The van der Waals surface area contributed by atoms with E-state index in [-0.39, 0.29) is 11.6 Å². The summed E-state index contributed by atoms with van der Waals surface area (Å²) >= 11 is 2.79. The Morgan fingerprint density at radius 3 is 2.52 bits per heavy atom. The number of hydrogen-bond donors (Lipinski definition) is 3. The van der Waals surface area contributed by atoms with Gasteiger partial charge in [-0.2, -0.15) is 0 Å². The fourth-order valence-electron chi connectivity index (χ4n) is 2.23. The average molecular weight is 399 g/mol. The summed E-state index contributed by atoms with van der Waals surface area (Å²) in [5.41, 5.74) is 2.74. The average Bonchev–Trinajstić information content (AvgIpc) is 3.12. The molecule has 0 aliphatic rings. The standard InChI is InChI=1S/C19H18N4O2S2/c1-12-6-8-13(9-7-12)21-18(25)23-19-22-16(11-27-19)17(24)20-14-4-3-5-15(10-14)26-2/h3-11H,1-2H3,(H,20,24)(H2,21,22,23,25). The number of aromatic nitrogens is 1. The zero-order chi connectivity index (χ0) is 19.2. The van der Waals surface area contributed by atoms with Crippen LogP contribution in [0.25, 0.3) is 0 Å². The first-order valence-corrected chi connectivity index (χ1v) is 10.2. The summed E-state index contributed by atoms with van der Waals surface area (Å²) in [5, 5.41) is 10.1. The maximum absolute atomic E-state index is 12.3. The van der Waals surface area contributed by atoms with Crippen LogP contribution in [0.2, 0.25) is 0 Å². The molecular formula is C19H18N4O2S2. The molecule has 0 aliphatic heterocycles. The van der Waals surface area contributed by atoms with Gasteiger partial charge in [0.05, 0.1) is 0 Å². The molecule has 0 atom stereocenters. The van der Waals surface area contributed by atoms with Gasteiger partial charge in [-0.05, 0) is 43.5 Å². The van der Waals surface area contributed by atoms with Crippen LogP contribution < -0.4 is 16.0 Å². The summed E-state index contributed by atoms with van der Waals surface area (Å²) in [4.78, 5) is 29.6. The summed E-state index contributed by atoms with van der Waals surface area (Å²) in [6.45, 7) is 1.98. The van der Waals surface area contributed by atoms with Crippen molar-refractivity contribution in [1.82, 2.24) is 4.98 Å². The molecule has 8 heteroatoms. The lowest BCUT2D eigenvalue weighted by Gasteiger charge is -2.06. The zero-order valence-corrected chi connectivity index (χ0v) is 16.4. The molecule has 3 aromatic rings. The Balaban J connectivity index is 1.59. The molecule has 1 heterocycles. The number of nitrogens with zero attached hydrogens (tertiary/aromatic N) is 1. The molecule has 0 radical (unpaired) electrons. The van der Waals surface area contributed by atoms with E-state index in [4.69, 9.17) is 0 Å². The van der Waals surface area contributed by atoms with E-state index >= 15 is 0 Å². The third kappa shape index (κ3) is 5.32. The number of thiazole rings is 1. The minimum atomic E-state index is -0.409. The quantitative estimate of drug-likeness (QED) is 0.524. The number of carbonyl (C=O) groups excluding carboxylic acids is 2. The molecular weight excluding hydrogens is 380 g/mol. The number of hydrogen-bond acceptors (Lipinski definition) is 5. The number of amides is 3. The van der Waals surface area contributed by atoms with Crippen molar-refractivity contribution in [2.24, 2.45) is 0 Å².